The van der Waals surface area contributed by atoms with Crippen molar-refractivity contribution in [1.82, 2.24) is 10.3 Å². The fourth-order valence-corrected chi connectivity index (χ4v) is 3.01. The summed E-state index contributed by atoms with van der Waals surface area (Å²) in [6.45, 7) is 0.907. The third-order valence-electron chi connectivity index (χ3n) is 3.37. The van der Waals surface area contributed by atoms with Crippen LogP contribution in [0.15, 0.2) is 35.8 Å². The van der Waals surface area contributed by atoms with E-state index in [-0.39, 0.29) is 0 Å². The lowest BCUT2D eigenvalue weighted by atomic mass is 9.88. The normalized spacial score (nSPS) is 18.9. The lowest BCUT2D eigenvalue weighted by Crippen LogP contribution is -2.34. The first kappa shape index (κ1) is 10.9. The zero-order chi connectivity index (χ0) is 11.5. The second kappa shape index (κ2) is 4.98. The Morgan fingerprint density at radius 3 is 3.00 bits per heavy atom. The fraction of sp³-hybridized carbons (Fsp3) is 0.357. The van der Waals surface area contributed by atoms with Crippen molar-refractivity contribution in [2.24, 2.45) is 0 Å². The zero-order valence-electron chi connectivity index (χ0n) is 9.73. The Morgan fingerprint density at radius 1 is 1.29 bits per heavy atom. The van der Waals surface area contributed by atoms with Crippen LogP contribution in [0.5, 0.6) is 0 Å². The molecule has 2 aromatic rings. The van der Waals surface area contributed by atoms with Crippen molar-refractivity contribution < 1.29 is 0 Å². The second-order valence-corrected chi connectivity index (χ2v) is 5.49. The molecule has 1 aromatic carbocycles. The summed E-state index contributed by atoms with van der Waals surface area (Å²) in [6.07, 6.45) is 5.47. The third kappa shape index (κ3) is 2.56. The van der Waals surface area contributed by atoms with Gasteiger partial charge in [-0.3, -0.25) is 0 Å². The van der Waals surface area contributed by atoms with Gasteiger partial charge in [-0.25, -0.2) is 4.98 Å². The Kier molecular flexibility index (Phi) is 3.20. The van der Waals surface area contributed by atoms with Crippen molar-refractivity contribution in [3.05, 3.63) is 52.0 Å². The Labute approximate surface area is 106 Å². The Hall–Kier alpha value is -1.19. The topological polar surface area (TPSA) is 24.9 Å². The molecule has 0 radical (unpaired) electrons. The average molecular weight is 244 g/mol. The van der Waals surface area contributed by atoms with E-state index in [1.165, 1.54) is 29.0 Å². The minimum atomic E-state index is 0.605. The predicted molar refractivity (Wildman–Crippen MR) is 71.2 cm³/mol. The summed E-state index contributed by atoms with van der Waals surface area (Å²) in [6, 6.07) is 9.40. The maximum Gasteiger partial charge on any atom is 0.106 e. The van der Waals surface area contributed by atoms with E-state index in [9.17, 15) is 0 Å². The fourth-order valence-electron chi connectivity index (χ4n) is 2.44. The minimum absolute atomic E-state index is 0.605. The lowest BCUT2D eigenvalue weighted by Gasteiger charge is -2.25. The molecular formula is C14H16N2S. The molecule has 0 saturated carbocycles. The molecule has 1 aliphatic rings. The van der Waals surface area contributed by atoms with Gasteiger partial charge in [0.15, 0.2) is 0 Å². The van der Waals surface area contributed by atoms with E-state index < -0.39 is 0 Å². The van der Waals surface area contributed by atoms with Gasteiger partial charge in [0.1, 0.15) is 5.01 Å². The van der Waals surface area contributed by atoms with Gasteiger partial charge < -0.3 is 5.32 Å². The van der Waals surface area contributed by atoms with Crippen molar-refractivity contribution in [1.29, 1.82) is 0 Å². The van der Waals surface area contributed by atoms with Crippen LogP contribution < -0.4 is 5.32 Å². The molecule has 1 atom stereocenters. The van der Waals surface area contributed by atoms with Crippen molar-refractivity contribution in [3.8, 4) is 0 Å². The molecule has 3 heteroatoms. The van der Waals surface area contributed by atoms with Gasteiger partial charge in [-0.1, -0.05) is 24.3 Å². The molecule has 0 bridgehead atoms. The molecule has 1 aromatic heterocycles. The smallest absolute Gasteiger partial charge is 0.106 e. The van der Waals surface area contributed by atoms with Crippen molar-refractivity contribution in [2.45, 2.75) is 31.8 Å². The number of hydrogen-bond donors (Lipinski definition) is 1. The highest BCUT2D eigenvalue weighted by Crippen LogP contribution is 2.21. The van der Waals surface area contributed by atoms with Gasteiger partial charge in [-0.2, -0.15) is 0 Å². The lowest BCUT2D eigenvalue weighted by molar-refractivity contribution is 0.457. The van der Waals surface area contributed by atoms with Crippen molar-refractivity contribution >= 4 is 11.3 Å². The van der Waals surface area contributed by atoms with Crippen molar-refractivity contribution in [3.63, 3.8) is 0 Å². The van der Waals surface area contributed by atoms with Crippen molar-refractivity contribution in [2.75, 3.05) is 0 Å². The number of benzene rings is 1. The summed E-state index contributed by atoms with van der Waals surface area (Å²) in [5.41, 5.74) is 3.04. The van der Waals surface area contributed by atoms with Gasteiger partial charge in [-0.05, 0) is 30.4 Å². The number of aryl methyl sites for hydroxylation is 1. The van der Waals surface area contributed by atoms with E-state index in [0.717, 1.165) is 13.0 Å². The molecule has 1 N–H and O–H groups in total. The summed E-state index contributed by atoms with van der Waals surface area (Å²) < 4.78 is 0. The third-order valence-corrected chi connectivity index (χ3v) is 4.15. The van der Waals surface area contributed by atoms with E-state index >= 15 is 0 Å². The SMILES string of the molecule is c1ccc2c(c1)CCC(NCc1nccs1)C2. The molecular weight excluding hydrogens is 228 g/mol. The average Bonchev–Trinajstić information content (AvgIpc) is 2.89. The summed E-state index contributed by atoms with van der Waals surface area (Å²) in [5, 5.41) is 6.83. The number of aromatic nitrogens is 1. The van der Waals surface area contributed by atoms with Crippen LogP contribution in [-0.2, 0) is 19.4 Å². The van der Waals surface area contributed by atoms with E-state index in [2.05, 4.69) is 34.6 Å². The van der Waals surface area contributed by atoms with Gasteiger partial charge in [0, 0.05) is 24.2 Å². The van der Waals surface area contributed by atoms with Gasteiger partial charge >= 0.3 is 0 Å². The molecule has 17 heavy (non-hydrogen) atoms. The first-order valence-electron chi connectivity index (χ1n) is 6.10. The first-order valence-corrected chi connectivity index (χ1v) is 6.98. The molecule has 1 heterocycles. The quantitative estimate of drug-likeness (QED) is 0.898. The zero-order valence-corrected chi connectivity index (χ0v) is 10.5. The van der Waals surface area contributed by atoms with Crippen LogP contribution in [0.4, 0.5) is 0 Å². The van der Waals surface area contributed by atoms with Crippen LogP contribution in [0, 0.1) is 0 Å². The van der Waals surface area contributed by atoms with E-state index in [0.29, 0.717) is 6.04 Å². The van der Waals surface area contributed by atoms with E-state index in [1.54, 1.807) is 11.3 Å². The molecule has 1 unspecified atom stereocenters. The summed E-state index contributed by atoms with van der Waals surface area (Å²) >= 11 is 1.72. The monoisotopic (exact) mass is 244 g/mol. The van der Waals surface area contributed by atoms with Crippen LogP contribution in [0.25, 0.3) is 0 Å². The van der Waals surface area contributed by atoms with Crippen LogP contribution in [-0.4, -0.2) is 11.0 Å². The molecule has 88 valence electrons. The second-order valence-electron chi connectivity index (χ2n) is 4.52. The molecule has 0 saturated heterocycles. The van der Waals surface area contributed by atoms with E-state index in [1.807, 2.05) is 11.6 Å². The van der Waals surface area contributed by atoms with Gasteiger partial charge in [-0.15, -0.1) is 11.3 Å². The van der Waals surface area contributed by atoms with Crippen LogP contribution in [0.2, 0.25) is 0 Å². The van der Waals surface area contributed by atoms with Crippen LogP contribution in [0.1, 0.15) is 22.6 Å². The maximum absolute atomic E-state index is 4.30. The van der Waals surface area contributed by atoms with Crippen LogP contribution >= 0.6 is 11.3 Å². The van der Waals surface area contributed by atoms with Crippen LogP contribution in [0.3, 0.4) is 0 Å². The Bertz CT molecular complexity index is 479. The summed E-state index contributed by atoms with van der Waals surface area (Å²) in [4.78, 5) is 4.30. The minimum Gasteiger partial charge on any atom is -0.307 e. The highest BCUT2D eigenvalue weighted by atomic mass is 32.1. The molecule has 0 spiro atoms. The number of nitrogens with one attached hydrogen (secondary N) is 1. The van der Waals surface area contributed by atoms with Gasteiger partial charge in [0.2, 0.25) is 0 Å². The maximum atomic E-state index is 4.30. The van der Waals surface area contributed by atoms with E-state index in [4.69, 9.17) is 0 Å². The predicted octanol–water partition coefficient (Wildman–Crippen LogP) is 2.79. The standard InChI is InChI=1S/C14H16N2S/c1-2-4-12-9-13(6-5-11(12)3-1)16-10-14-15-7-8-17-14/h1-4,7-8,13,16H,5-6,9-10H2. The molecule has 0 aliphatic heterocycles. The molecule has 0 amide bonds. The number of thiazole rings is 1. The molecule has 2 nitrogen and oxygen atoms in total. The van der Waals surface area contributed by atoms with Gasteiger partial charge in [0.25, 0.3) is 0 Å². The molecule has 3 rings (SSSR count). The first-order chi connectivity index (χ1) is 8.42. The largest absolute Gasteiger partial charge is 0.307 e. The number of nitrogens with zero attached hydrogens (tertiary/aromatic N) is 1. The number of hydrogen-bond acceptors (Lipinski definition) is 3. The highest BCUT2D eigenvalue weighted by molar-refractivity contribution is 7.09. The Morgan fingerprint density at radius 2 is 2.18 bits per heavy atom. The molecule has 1 aliphatic carbocycles. The number of rotatable bonds is 3. The molecule has 0 fully saturated rings. The Balaban J connectivity index is 1.61. The summed E-state index contributed by atoms with van der Waals surface area (Å²) in [5.74, 6) is 0. The van der Waals surface area contributed by atoms with Gasteiger partial charge in [0.05, 0.1) is 0 Å². The highest BCUT2D eigenvalue weighted by Gasteiger charge is 2.17. The number of fused-ring (bicyclic) bond motifs is 1. The summed E-state index contributed by atoms with van der Waals surface area (Å²) in [7, 11) is 0.